The van der Waals surface area contributed by atoms with Crippen LogP contribution in [-0.2, 0) is 16.7 Å². The highest BCUT2D eigenvalue weighted by Gasteiger charge is 2.44. The Kier molecular flexibility index (Phi) is 5.34. The Bertz CT molecular complexity index is 904. The summed E-state index contributed by atoms with van der Waals surface area (Å²) in [7, 11) is 0. The molecule has 3 rings (SSSR count). The van der Waals surface area contributed by atoms with E-state index < -0.39 is 47.8 Å². The molecule has 1 aliphatic heterocycles. The van der Waals surface area contributed by atoms with Crippen LogP contribution >= 0.6 is 0 Å². The number of hydrogen-bond acceptors (Lipinski definition) is 6. The van der Waals surface area contributed by atoms with E-state index in [2.05, 4.69) is 0 Å². The lowest BCUT2D eigenvalue weighted by atomic mass is 9.84. The van der Waals surface area contributed by atoms with Crippen LogP contribution in [0.25, 0.3) is 0 Å². The molecule has 0 aliphatic carbocycles. The second-order valence-corrected chi connectivity index (χ2v) is 7.41. The van der Waals surface area contributed by atoms with Gasteiger partial charge >= 0.3 is 5.69 Å². The molecule has 1 unspecified atom stereocenters. The van der Waals surface area contributed by atoms with Crippen LogP contribution in [0.15, 0.2) is 52.2 Å². The zero-order chi connectivity index (χ0) is 19.8. The first kappa shape index (κ1) is 19.5. The zero-order valence-corrected chi connectivity index (χ0v) is 15.2. The Labute approximate surface area is 155 Å². The van der Waals surface area contributed by atoms with E-state index in [1.807, 2.05) is 44.2 Å². The number of ether oxygens (including phenoxy) is 1. The van der Waals surface area contributed by atoms with Gasteiger partial charge in [0.15, 0.2) is 6.23 Å². The predicted molar refractivity (Wildman–Crippen MR) is 97.4 cm³/mol. The van der Waals surface area contributed by atoms with Crippen LogP contribution in [0.4, 0.5) is 0 Å². The molecule has 8 heteroatoms. The molecular formula is C19H24N2O6. The van der Waals surface area contributed by atoms with Crippen molar-refractivity contribution in [3.8, 4) is 0 Å². The molecule has 2 heterocycles. The number of aromatic nitrogens is 2. The molecule has 0 bridgehead atoms. The Morgan fingerprint density at radius 3 is 2.33 bits per heavy atom. The molecule has 4 atom stereocenters. The van der Waals surface area contributed by atoms with Gasteiger partial charge in [0, 0.05) is 24.2 Å². The first-order valence-electron chi connectivity index (χ1n) is 8.76. The number of hydrogen-bond donors (Lipinski definition) is 3. The quantitative estimate of drug-likeness (QED) is 0.654. The summed E-state index contributed by atoms with van der Waals surface area (Å²) in [4.78, 5) is 25.3. The molecule has 1 saturated heterocycles. The molecule has 1 aromatic carbocycles. The number of aliphatic hydroxyl groups excluding tert-OH is 3. The highest BCUT2D eigenvalue weighted by atomic mass is 16.6. The molecule has 1 fully saturated rings. The summed E-state index contributed by atoms with van der Waals surface area (Å²) >= 11 is 0. The van der Waals surface area contributed by atoms with Gasteiger partial charge in [-0.05, 0) is 5.56 Å². The van der Waals surface area contributed by atoms with Crippen molar-refractivity contribution in [2.24, 2.45) is 0 Å². The van der Waals surface area contributed by atoms with Gasteiger partial charge in [0.05, 0.1) is 6.61 Å². The van der Waals surface area contributed by atoms with Crippen molar-refractivity contribution in [3.05, 3.63) is 69.0 Å². The van der Waals surface area contributed by atoms with Gasteiger partial charge in [-0.15, -0.1) is 0 Å². The van der Waals surface area contributed by atoms with Crippen LogP contribution in [-0.4, -0.2) is 49.4 Å². The van der Waals surface area contributed by atoms with Gasteiger partial charge in [-0.3, -0.25) is 13.9 Å². The van der Waals surface area contributed by atoms with Crippen LogP contribution in [0, 0.1) is 0 Å². The van der Waals surface area contributed by atoms with Crippen LogP contribution < -0.4 is 11.2 Å². The van der Waals surface area contributed by atoms with Gasteiger partial charge in [0.2, 0.25) is 0 Å². The fourth-order valence-corrected chi connectivity index (χ4v) is 3.36. The summed E-state index contributed by atoms with van der Waals surface area (Å²) in [5, 5.41) is 29.3. The van der Waals surface area contributed by atoms with Crippen molar-refractivity contribution < 1.29 is 20.1 Å². The van der Waals surface area contributed by atoms with E-state index in [0.717, 1.165) is 14.7 Å². The van der Waals surface area contributed by atoms with Gasteiger partial charge < -0.3 is 20.1 Å². The zero-order valence-electron chi connectivity index (χ0n) is 15.2. The first-order chi connectivity index (χ1) is 12.8. The molecule has 27 heavy (non-hydrogen) atoms. The largest absolute Gasteiger partial charge is 0.394 e. The second kappa shape index (κ2) is 7.40. The molecule has 0 amide bonds. The lowest BCUT2D eigenvalue weighted by molar-refractivity contribution is -0.0557. The molecule has 0 saturated carbocycles. The highest BCUT2D eigenvalue weighted by molar-refractivity contribution is 5.23. The minimum atomic E-state index is -1.40. The van der Waals surface area contributed by atoms with Crippen molar-refractivity contribution in [2.75, 3.05) is 6.61 Å². The van der Waals surface area contributed by atoms with Crippen LogP contribution in [0.1, 0.15) is 25.6 Å². The number of benzene rings is 1. The molecule has 2 aromatic rings. The van der Waals surface area contributed by atoms with Gasteiger partial charge in [-0.1, -0.05) is 44.2 Å². The van der Waals surface area contributed by atoms with E-state index in [9.17, 15) is 24.9 Å². The smallest absolute Gasteiger partial charge is 0.333 e. The Morgan fingerprint density at radius 2 is 1.74 bits per heavy atom. The van der Waals surface area contributed by atoms with Crippen molar-refractivity contribution in [2.45, 2.75) is 50.3 Å². The van der Waals surface area contributed by atoms with E-state index in [1.165, 1.54) is 12.3 Å². The molecule has 3 N–H and O–H groups in total. The maximum atomic E-state index is 12.9. The molecule has 8 nitrogen and oxygen atoms in total. The maximum Gasteiger partial charge on any atom is 0.333 e. The third-order valence-electron chi connectivity index (χ3n) is 5.00. The third kappa shape index (κ3) is 3.61. The lowest BCUT2D eigenvalue weighted by Gasteiger charge is -2.27. The van der Waals surface area contributed by atoms with E-state index in [0.29, 0.717) is 0 Å². The molecule has 0 radical (unpaired) electrons. The maximum absolute atomic E-state index is 12.9. The lowest BCUT2D eigenvalue weighted by Crippen LogP contribution is -2.45. The minimum absolute atomic E-state index is 0.129. The van der Waals surface area contributed by atoms with E-state index >= 15 is 0 Å². The molecule has 1 aliphatic rings. The standard InChI is InChI=1S/C19H24N2O6/c1-19(2,12-6-4-3-5-7-12)11-21-14(23)8-9-20(18(21)26)17-16(25)15(24)13(10-22)27-17/h3-9,13,15-17,22,24-25H,10-11H2,1-2H3/t13-,15?,16+,17-/m1/s1. The minimum Gasteiger partial charge on any atom is -0.394 e. The number of aliphatic hydroxyl groups is 3. The predicted octanol–water partition coefficient (Wildman–Crippen LogP) is -0.401. The van der Waals surface area contributed by atoms with E-state index in [1.54, 1.807) is 0 Å². The molecule has 1 aromatic heterocycles. The van der Waals surface area contributed by atoms with Gasteiger partial charge in [0.25, 0.3) is 5.56 Å². The number of rotatable bonds is 5. The first-order valence-corrected chi connectivity index (χ1v) is 8.76. The summed E-state index contributed by atoms with van der Waals surface area (Å²) in [6.07, 6.45) is -3.67. The summed E-state index contributed by atoms with van der Waals surface area (Å²) in [6, 6.07) is 10.8. The Hall–Kier alpha value is -2.26. The van der Waals surface area contributed by atoms with Crippen LogP contribution in [0.2, 0.25) is 0 Å². The van der Waals surface area contributed by atoms with Crippen molar-refractivity contribution in [1.29, 1.82) is 0 Å². The fraction of sp³-hybridized carbons (Fsp3) is 0.474. The normalized spacial score (nSPS) is 25.7. The monoisotopic (exact) mass is 376 g/mol. The average Bonchev–Trinajstić information content (AvgIpc) is 2.94. The third-order valence-corrected chi connectivity index (χ3v) is 5.00. The summed E-state index contributed by atoms with van der Waals surface area (Å²) in [6.45, 7) is 3.49. The summed E-state index contributed by atoms with van der Waals surface area (Å²) in [5.41, 5.74) is -0.640. The Morgan fingerprint density at radius 1 is 1.07 bits per heavy atom. The average molecular weight is 376 g/mol. The van der Waals surface area contributed by atoms with Gasteiger partial charge in [-0.25, -0.2) is 4.79 Å². The topological polar surface area (TPSA) is 114 Å². The van der Waals surface area contributed by atoms with Crippen molar-refractivity contribution in [3.63, 3.8) is 0 Å². The van der Waals surface area contributed by atoms with Gasteiger partial charge in [0.1, 0.15) is 18.3 Å². The van der Waals surface area contributed by atoms with E-state index in [-0.39, 0.29) is 6.54 Å². The van der Waals surface area contributed by atoms with Crippen LogP contribution in [0.5, 0.6) is 0 Å². The molecule has 146 valence electrons. The van der Waals surface area contributed by atoms with Crippen molar-refractivity contribution >= 4 is 0 Å². The highest BCUT2D eigenvalue weighted by Crippen LogP contribution is 2.28. The molecule has 0 spiro atoms. The van der Waals surface area contributed by atoms with Crippen molar-refractivity contribution in [1.82, 2.24) is 9.13 Å². The summed E-state index contributed by atoms with van der Waals surface area (Å²) in [5.74, 6) is 0. The Balaban J connectivity index is 1.98. The second-order valence-electron chi connectivity index (χ2n) is 7.41. The van der Waals surface area contributed by atoms with Gasteiger partial charge in [-0.2, -0.15) is 0 Å². The SMILES string of the molecule is CC(C)(Cn1c(=O)ccn([C@@H]2O[C@H](CO)C(O)[C@@H]2O)c1=O)c1ccccc1. The summed E-state index contributed by atoms with van der Waals surface area (Å²) < 4.78 is 7.57. The fourth-order valence-electron chi connectivity index (χ4n) is 3.36. The number of nitrogens with zero attached hydrogens (tertiary/aromatic N) is 2. The van der Waals surface area contributed by atoms with E-state index in [4.69, 9.17) is 4.74 Å². The van der Waals surface area contributed by atoms with Crippen LogP contribution in [0.3, 0.4) is 0 Å². The molecular weight excluding hydrogens is 352 g/mol.